The Kier molecular flexibility index (Phi) is 9.48. The molecule has 5 rings (SSSR count). The van der Waals surface area contributed by atoms with Gasteiger partial charge in [-0.15, -0.1) is 11.3 Å². The van der Waals surface area contributed by atoms with E-state index in [1.165, 1.54) is 17.0 Å². The standard InChI is InChI=1S/C33H34FN3O4S/c1-22-31(42-21-36-22)15-17-41-29-14-9-23(18-30(29)40-2)20-37(28-8-3-4-16-35-32(28)38)33(39)26-7-5-6-25(19-26)24-10-12-27(34)13-11-24/h5-7,9-14,18-19,21,28H,3-4,8,15-17,20H2,1-2H3,(H,35,38)/t28-/m0/s1. The molecule has 0 aliphatic carbocycles. The summed E-state index contributed by atoms with van der Waals surface area (Å²) in [5.41, 5.74) is 5.72. The predicted octanol–water partition coefficient (Wildman–Crippen LogP) is 6.20. The van der Waals surface area contributed by atoms with Crippen molar-refractivity contribution >= 4 is 23.2 Å². The molecule has 1 aromatic heterocycles. The number of thiazole rings is 1. The fourth-order valence-electron chi connectivity index (χ4n) is 5.13. The van der Waals surface area contributed by atoms with Crippen LogP contribution in [0.25, 0.3) is 11.1 Å². The summed E-state index contributed by atoms with van der Waals surface area (Å²) in [5.74, 6) is 0.449. The fourth-order valence-corrected chi connectivity index (χ4v) is 5.89. The van der Waals surface area contributed by atoms with Crippen molar-refractivity contribution in [1.29, 1.82) is 0 Å². The van der Waals surface area contributed by atoms with Crippen LogP contribution in [0.15, 0.2) is 72.2 Å². The van der Waals surface area contributed by atoms with Crippen molar-refractivity contribution in [3.05, 3.63) is 99.8 Å². The Labute approximate surface area is 249 Å². The van der Waals surface area contributed by atoms with Crippen LogP contribution in [0.4, 0.5) is 4.39 Å². The molecule has 1 aliphatic rings. The van der Waals surface area contributed by atoms with Gasteiger partial charge < -0.3 is 19.7 Å². The third kappa shape index (κ3) is 6.97. The van der Waals surface area contributed by atoms with E-state index in [1.54, 1.807) is 53.7 Å². The van der Waals surface area contributed by atoms with E-state index >= 15 is 0 Å². The van der Waals surface area contributed by atoms with Gasteiger partial charge in [-0.3, -0.25) is 9.59 Å². The number of amides is 2. The molecule has 0 spiro atoms. The highest BCUT2D eigenvalue weighted by atomic mass is 32.1. The Morgan fingerprint density at radius 1 is 1.07 bits per heavy atom. The number of nitrogens with one attached hydrogen (secondary N) is 1. The van der Waals surface area contributed by atoms with E-state index in [4.69, 9.17) is 9.47 Å². The van der Waals surface area contributed by atoms with Crippen LogP contribution in [0.2, 0.25) is 0 Å². The van der Waals surface area contributed by atoms with Gasteiger partial charge in [-0.05, 0) is 79.3 Å². The summed E-state index contributed by atoms with van der Waals surface area (Å²) in [5, 5.41) is 2.96. The van der Waals surface area contributed by atoms with Crippen molar-refractivity contribution in [1.82, 2.24) is 15.2 Å². The third-order valence-electron chi connectivity index (χ3n) is 7.44. The summed E-state index contributed by atoms with van der Waals surface area (Å²) in [6.07, 6.45) is 3.02. The number of methoxy groups -OCH3 is 1. The molecule has 3 aromatic carbocycles. The van der Waals surface area contributed by atoms with Gasteiger partial charge >= 0.3 is 0 Å². The first kappa shape index (κ1) is 29.3. The first-order valence-electron chi connectivity index (χ1n) is 14.1. The van der Waals surface area contributed by atoms with E-state index in [0.29, 0.717) is 36.6 Å². The molecule has 2 heterocycles. The van der Waals surface area contributed by atoms with Gasteiger partial charge in [-0.2, -0.15) is 0 Å². The second kappa shape index (κ2) is 13.6. The lowest BCUT2D eigenvalue weighted by molar-refractivity contribution is -0.125. The van der Waals surface area contributed by atoms with Crippen LogP contribution in [0, 0.1) is 12.7 Å². The summed E-state index contributed by atoms with van der Waals surface area (Å²) in [6.45, 7) is 3.28. The molecule has 1 fully saturated rings. The SMILES string of the molecule is COc1cc(CN(C(=O)c2cccc(-c3ccc(F)cc3)c2)[C@H]2CCCCNC2=O)ccc1OCCc1scnc1C. The number of hydrogen-bond donors (Lipinski definition) is 1. The second-order valence-electron chi connectivity index (χ2n) is 10.3. The van der Waals surface area contributed by atoms with Crippen molar-refractivity contribution in [2.75, 3.05) is 20.3 Å². The summed E-state index contributed by atoms with van der Waals surface area (Å²) in [7, 11) is 1.59. The number of carbonyl (C=O) groups is 2. The van der Waals surface area contributed by atoms with Crippen molar-refractivity contribution in [2.24, 2.45) is 0 Å². The van der Waals surface area contributed by atoms with Gasteiger partial charge in [0.1, 0.15) is 11.9 Å². The molecule has 0 unspecified atom stereocenters. The van der Waals surface area contributed by atoms with Crippen molar-refractivity contribution in [2.45, 2.75) is 45.2 Å². The van der Waals surface area contributed by atoms with Crippen LogP contribution < -0.4 is 14.8 Å². The third-order valence-corrected chi connectivity index (χ3v) is 8.44. The second-order valence-corrected chi connectivity index (χ2v) is 11.2. The molecule has 4 aromatic rings. The summed E-state index contributed by atoms with van der Waals surface area (Å²) >= 11 is 1.61. The summed E-state index contributed by atoms with van der Waals surface area (Å²) in [4.78, 5) is 34.3. The number of benzene rings is 3. The Bertz CT molecular complexity index is 1540. The molecule has 7 nitrogen and oxygen atoms in total. The van der Waals surface area contributed by atoms with Crippen LogP contribution in [-0.2, 0) is 17.8 Å². The zero-order valence-corrected chi connectivity index (χ0v) is 24.6. The number of nitrogens with zero attached hydrogens (tertiary/aromatic N) is 2. The van der Waals surface area contributed by atoms with Crippen LogP contribution >= 0.6 is 11.3 Å². The Morgan fingerprint density at radius 3 is 2.67 bits per heavy atom. The maximum Gasteiger partial charge on any atom is 0.254 e. The lowest BCUT2D eigenvalue weighted by Crippen LogP contribution is -2.48. The van der Waals surface area contributed by atoms with E-state index in [1.807, 2.05) is 36.7 Å². The molecule has 1 saturated heterocycles. The Morgan fingerprint density at radius 2 is 1.90 bits per heavy atom. The Hall–Kier alpha value is -4.24. The van der Waals surface area contributed by atoms with E-state index in [2.05, 4.69) is 10.3 Å². The van der Waals surface area contributed by atoms with Gasteiger partial charge in [0.15, 0.2) is 11.5 Å². The topological polar surface area (TPSA) is 80.8 Å². The summed E-state index contributed by atoms with van der Waals surface area (Å²) < 4.78 is 25.2. The average molecular weight is 588 g/mol. The molecule has 0 bridgehead atoms. The van der Waals surface area contributed by atoms with Crippen molar-refractivity contribution < 1.29 is 23.5 Å². The smallest absolute Gasteiger partial charge is 0.254 e. The predicted molar refractivity (Wildman–Crippen MR) is 161 cm³/mol. The Balaban J connectivity index is 1.39. The minimum absolute atomic E-state index is 0.152. The van der Waals surface area contributed by atoms with Crippen LogP contribution in [-0.4, -0.2) is 48.0 Å². The number of hydrogen-bond acceptors (Lipinski definition) is 6. The van der Waals surface area contributed by atoms with E-state index in [0.717, 1.165) is 41.6 Å². The van der Waals surface area contributed by atoms with Crippen molar-refractivity contribution in [3.8, 4) is 22.6 Å². The molecule has 1 aliphatic heterocycles. The molecular weight excluding hydrogens is 553 g/mol. The monoisotopic (exact) mass is 587 g/mol. The molecule has 2 amide bonds. The number of aromatic nitrogens is 1. The van der Waals surface area contributed by atoms with E-state index in [9.17, 15) is 14.0 Å². The molecule has 218 valence electrons. The number of aryl methyl sites for hydroxylation is 1. The number of rotatable bonds is 10. The lowest BCUT2D eigenvalue weighted by atomic mass is 10.0. The van der Waals surface area contributed by atoms with E-state index in [-0.39, 0.29) is 24.2 Å². The number of carbonyl (C=O) groups excluding carboxylic acids is 2. The zero-order chi connectivity index (χ0) is 29.5. The summed E-state index contributed by atoms with van der Waals surface area (Å²) in [6, 6.07) is 18.4. The first-order valence-corrected chi connectivity index (χ1v) is 14.9. The number of ether oxygens (including phenoxy) is 2. The maximum atomic E-state index is 14.1. The lowest BCUT2D eigenvalue weighted by Gasteiger charge is -2.30. The molecule has 0 radical (unpaired) electrons. The van der Waals surface area contributed by atoms with Crippen molar-refractivity contribution in [3.63, 3.8) is 0 Å². The molecular formula is C33H34FN3O4S. The van der Waals surface area contributed by atoms with Gasteiger partial charge in [-0.25, -0.2) is 9.37 Å². The molecule has 0 saturated carbocycles. The molecule has 42 heavy (non-hydrogen) atoms. The quantitative estimate of drug-likeness (QED) is 0.239. The first-order chi connectivity index (χ1) is 20.4. The van der Waals surface area contributed by atoms with E-state index < -0.39 is 6.04 Å². The average Bonchev–Trinajstić information content (AvgIpc) is 3.30. The zero-order valence-electron chi connectivity index (χ0n) is 23.8. The highest BCUT2D eigenvalue weighted by Crippen LogP contribution is 2.30. The van der Waals surface area contributed by atoms with Crippen LogP contribution in [0.3, 0.4) is 0 Å². The van der Waals surface area contributed by atoms with Gasteiger partial charge in [0, 0.05) is 30.0 Å². The normalized spacial score (nSPS) is 15.0. The molecule has 1 atom stereocenters. The number of halogens is 1. The largest absolute Gasteiger partial charge is 0.493 e. The van der Waals surface area contributed by atoms with Gasteiger partial charge in [0.25, 0.3) is 5.91 Å². The minimum Gasteiger partial charge on any atom is -0.493 e. The highest BCUT2D eigenvalue weighted by Gasteiger charge is 2.32. The minimum atomic E-state index is -0.612. The van der Waals surface area contributed by atoms with Gasteiger partial charge in [-0.1, -0.05) is 30.3 Å². The van der Waals surface area contributed by atoms with Gasteiger partial charge in [0.2, 0.25) is 5.91 Å². The van der Waals surface area contributed by atoms with Gasteiger partial charge in [0.05, 0.1) is 24.9 Å². The highest BCUT2D eigenvalue weighted by molar-refractivity contribution is 7.09. The molecule has 9 heteroatoms. The van der Waals surface area contributed by atoms with Crippen LogP contribution in [0.5, 0.6) is 11.5 Å². The maximum absolute atomic E-state index is 14.1. The van der Waals surface area contributed by atoms with Crippen LogP contribution in [0.1, 0.15) is 45.8 Å². The fraction of sp³-hybridized carbons (Fsp3) is 0.303. The molecule has 1 N–H and O–H groups in total.